The number of rotatable bonds is 17. The van der Waals surface area contributed by atoms with Gasteiger partial charge in [0.1, 0.15) is 6.04 Å². The van der Waals surface area contributed by atoms with Crippen molar-refractivity contribution < 1.29 is 9.59 Å². The number of carbonyl (C=O) groups is 2. The van der Waals surface area contributed by atoms with Crippen LogP contribution in [0, 0.1) is 0 Å². The Labute approximate surface area is 180 Å². The zero-order valence-electron chi connectivity index (χ0n) is 19.5. The van der Waals surface area contributed by atoms with Crippen molar-refractivity contribution in [3.05, 3.63) is 0 Å². The van der Waals surface area contributed by atoms with E-state index in [4.69, 9.17) is 0 Å². The maximum Gasteiger partial charge on any atom is 0.242 e. The third-order valence-corrected chi connectivity index (χ3v) is 6.21. The highest BCUT2D eigenvalue weighted by atomic mass is 16.2. The van der Waals surface area contributed by atoms with Gasteiger partial charge in [0.2, 0.25) is 11.8 Å². The molecule has 1 heterocycles. The van der Waals surface area contributed by atoms with Gasteiger partial charge in [0.25, 0.3) is 0 Å². The number of likely N-dealkylation sites (tertiary alicyclic amines) is 1. The molecule has 0 radical (unpaired) electrons. The van der Waals surface area contributed by atoms with E-state index in [9.17, 15) is 9.59 Å². The lowest BCUT2D eigenvalue weighted by molar-refractivity contribution is -0.138. The first-order valence-corrected chi connectivity index (χ1v) is 12.4. The van der Waals surface area contributed by atoms with Gasteiger partial charge < -0.3 is 15.1 Å². The molecule has 0 saturated carbocycles. The lowest BCUT2D eigenvalue weighted by atomic mass is 10.1. The van der Waals surface area contributed by atoms with Crippen LogP contribution in [0.2, 0.25) is 0 Å². The van der Waals surface area contributed by atoms with Crippen LogP contribution in [0.5, 0.6) is 0 Å². The van der Waals surface area contributed by atoms with Crippen LogP contribution in [0.25, 0.3) is 0 Å². The molecule has 0 spiro atoms. The van der Waals surface area contributed by atoms with Crippen molar-refractivity contribution in [2.24, 2.45) is 0 Å². The molecule has 0 aliphatic carbocycles. The van der Waals surface area contributed by atoms with Gasteiger partial charge >= 0.3 is 0 Å². The van der Waals surface area contributed by atoms with E-state index in [1.165, 1.54) is 38.5 Å². The highest BCUT2D eigenvalue weighted by molar-refractivity contribution is 5.88. The van der Waals surface area contributed by atoms with E-state index in [-0.39, 0.29) is 17.9 Å². The van der Waals surface area contributed by atoms with E-state index < -0.39 is 0 Å². The Morgan fingerprint density at radius 1 is 0.897 bits per heavy atom. The first-order valence-electron chi connectivity index (χ1n) is 12.4. The van der Waals surface area contributed by atoms with Gasteiger partial charge in [0, 0.05) is 19.5 Å². The van der Waals surface area contributed by atoms with Crippen LogP contribution in [-0.4, -0.2) is 60.4 Å². The van der Waals surface area contributed by atoms with Gasteiger partial charge in [0.15, 0.2) is 0 Å². The smallest absolute Gasteiger partial charge is 0.242 e. The fraction of sp³-hybridized carbons (Fsp3) is 0.917. The first-order chi connectivity index (χ1) is 14.1. The molecule has 0 aromatic heterocycles. The minimum atomic E-state index is -0.237. The molecule has 5 nitrogen and oxygen atoms in total. The Bertz CT molecular complexity index is 438. The molecule has 0 bridgehead atoms. The number of hydrogen-bond donors (Lipinski definition) is 1. The molecule has 0 aromatic carbocycles. The van der Waals surface area contributed by atoms with Crippen LogP contribution in [0.1, 0.15) is 104 Å². The molecule has 5 heteroatoms. The van der Waals surface area contributed by atoms with Crippen molar-refractivity contribution in [3.8, 4) is 0 Å². The summed E-state index contributed by atoms with van der Waals surface area (Å²) in [7, 11) is 0. The topological polar surface area (TPSA) is 52.7 Å². The predicted molar refractivity (Wildman–Crippen MR) is 122 cm³/mol. The predicted octanol–water partition coefficient (Wildman–Crippen LogP) is 4.75. The number of nitrogens with zero attached hydrogens (tertiary/aromatic N) is 2. The van der Waals surface area contributed by atoms with Crippen molar-refractivity contribution in [2.45, 2.75) is 110 Å². The Morgan fingerprint density at radius 2 is 1.55 bits per heavy atom. The second-order valence-electron chi connectivity index (χ2n) is 8.50. The summed E-state index contributed by atoms with van der Waals surface area (Å²) in [5, 5.41) is 3.07. The number of carbonyl (C=O) groups excluding carboxylic acids is 2. The molecule has 1 atom stereocenters. The summed E-state index contributed by atoms with van der Waals surface area (Å²) in [5.74, 6) is 0.227. The lowest BCUT2D eigenvalue weighted by Gasteiger charge is -2.24. The molecular weight excluding hydrogens is 362 g/mol. The monoisotopic (exact) mass is 409 g/mol. The van der Waals surface area contributed by atoms with Crippen LogP contribution in [0.15, 0.2) is 0 Å². The average molecular weight is 410 g/mol. The van der Waals surface area contributed by atoms with E-state index in [0.717, 1.165) is 71.2 Å². The van der Waals surface area contributed by atoms with Crippen molar-refractivity contribution in [1.82, 2.24) is 15.1 Å². The van der Waals surface area contributed by atoms with Gasteiger partial charge in [-0.1, -0.05) is 65.7 Å². The maximum atomic E-state index is 12.6. The zero-order chi connectivity index (χ0) is 21.3. The summed E-state index contributed by atoms with van der Waals surface area (Å²) in [5.41, 5.74) is 0. The van der Waals surface area contributed by atoms with Gasteiger partial charge in [-0.15, -0.1) is 0 Å². The Hall–Kier alpha value is -1.10. The highest BCUT2D eigenvalue weighted by Crippen LogP contribution is 2.20. The zero-order valence-corrected chi connectivity index (χ0v) is 19.5. The molecule has 1 unspecified atom stereocenters. The molecule has 1 rings (SSSR count). The molecule has 2 amide bonds. The van der Waals surface area contributed by atoms with Crippen LogP contribution in [-0.2, 0) is 9.59 Å². The van der Waals surface area contributed by atoms with E-state index in [2.05, 4.69) is 31.0 Å². The molecule has 1 N–H and O–H groups in total. The summed E-state index contributed by atoms with van der Waals surface area (Å²) >= 11 is 0. The number of hydrogen-bond acceptors (Lipinski definition) is 3. The van der Waals surface area contributed by atoms with E-state index in [1.807, 2.05) is 4.90 Å². The third-order valence-electron chi connectivity index (χ3n) is 6.21. The van der Waals surface area contributed by atoms with Gasteiger partial charge in [0.05, 0.1) is 0 Å². The second-order valence-corrected chi connectivity index (χ2v) is 8.50. The van der Waals surface area contributed by atoms with Gasteiger partial charge in [-0.05, 0) is 51.7 Å². The Balaban J connectivity index is 2.17. The van der Waals surface area contributed by atoms with Crippen molar-refractivity contribution in [3.63, 3.8) is 0 Å². The molecule has 170 valence electrons. The molecule has 0 aromatic rings. The average Bonchev–Trinajstić information content (AvgIpc) is 3.22. The molecule has 1 aliphatic heterocycles. The Kier molecular flexibility index (Phi) is 14.9. The second kappa shape index (κ2) is 16.7. The highest BCUT2D eigenvalue weighted by Gasteiger charge is 2.33. The van der Waals surface area contributed by atoms with E-state index in [0.29, 0.717) is 6.42 Å². The summed E-state index contributed by atoms with van der Waals surface area (Å²) < 4.78 is 0. The van der Waals surface area contributed by atoms with Gasteiger partial charge in [-0.3, -0.25) is 9.59 Å². The Morgan fingerprint density at radius 3 is 2.21 bits per heavy atom. The van der Waals surface area contributed by atoms with Gasteiger partial charge in [-0.25, -0.2) is 0 Å². The minimum absolute atomic E-state index is 0.0506. The van der Waals surface area contributed by atoms with Crippen LogP contribution < -0.4 is 5.32 Å². The van der Waals surface area contributed by atoms with Crippen LogP contribution in [0.3, 0.4) is 0 Å². The number of amides is 2. The fourth-order valence-corrected chi connectivity index (χ4v) is 4.22. The summed E-state index contributed by atoms with van der Waals surface area (Å²) in [6.07, 6.45) is 14.4. The third kappa shape index (κ3) is 11.0. The normalized spacial score (nSPS) is 16.6. The molecule has 1 aliphatic rings. The fourth-order valence-electron chi connectivity index (χ4n) is 4.22. The van der Waals surface area contributed by atoms with E-state index >= 15 is 0 Å². The summed E-state index contributed by atoms with van der Waals surface area (Å²) in [6, 6.07) is -0.237. The SMILES string of the molecule is CCCCCCCCCCC(=O)N1CCCC1C(=O)NCCCCN(CC)CC. The number of nitrogens with one attached hydrogen (secondary N) is 1. The lowest BCUT2D eigenvalue weighted by Crippen LogP contribution is -2.46. The first kappa shape index (κ1) is 25.9. The molecule has 1 fully saturated rings. The van der Waals surface area contributed by atoms with Crippen LogP contribution >= 0.6 is 0 Å². The summed E-state index contributed by atoms with van der Waals surface area (Å²) in [4.78, 5) is 29.4. The standard InChI is InChI=1S/C24H47N3O2/c1-4-7-8-9-10-11-12-13-18-23(28)27-21-16-17-22(27)24(29)25-19-14-15-20-26(5-2)6-3/h22H,4-21H2,1-3H3,(H,25,29). The quantitative estimate of drug-likeness (QED) is 0.353. The van der Waals surface area contributed by atoms with Crippen LogP contribution in [0.4, 0.5) is 0 Å². The van der Waals surface area contributed by atoms with Crippen molar-refractivity contribution >= 4 is 11.8 Å². The molecule has 29 heavy (non-hydrogen) atoms. The summed E-state index contributed by atoms with van der Waals surface area (Å²) in [6.45, 7) is 11.3. The van der Waals surface area contributed by atoms with Crippen molar-refractivity contribution in [1.29, 1.82) is 0 Å². The molecule has 1 saturated heterocycles. The maximum absolute atomic E-state index is 12.6. The van der Waals surface area contributed by atoms with Gasteiger partial charge in [-0.2, -0.15) is 0 Å². The largest absolute Gasteiger partial charge is 0.354 e. The minimum Gasteiger partial charge on any atom is -0.354 e. The van der Waals surface area contributed by atoms with E-state index in [1.54, 1.807) is 0 Å². The number of unbranched alkanes of at least 4 members (excludes halogenated alkanes) is 8. The van der Waals surface area contributed by atoms with Crippen molar-refractivity contribution in [2.75, 3.05) is 32.7 Å². The molecular formula is C24H47N3O2.